The van der Waals surface area contributed by atoms with Gasteiger partial charge in [0.15, 0.2) is 0 Å². The zero-order valence-electron chi connectivity index (χ0n) is 10.3. The number of aromatic nitrogens is 1. The Morgan fingerprint density at radius 1 is 1.50 bits per heavy atom. The number of amides is 1. The minimum absolute atomic E-state index is 0.219. The Morgan fingerprint density at radius 3 is 2.69 bits per heavy atom. The molecule has 1 aromatic heterocycles. The van der Waals surface area contributed by atoms with E-state index in [9.17, 15) is 4.79 Å². The van der Waals surface area contributed by atoms with Gasteiger partial charge in [0.2, 0.25) is 0 Å². The molecule has 0 fully saturated rings. The van der Waals surface area contributed by atoms with E-state index in [2.05, 4.69) is 30.8 Å². The monoisotopic (exact) mass is 223 g/mol. The van der Waals surface area contributed by atoms with Gasteiger partial charge in [0, 0.05) is 12.2 Å². The minimum Gasteiger partial charge on any atom is -0.341 e. The molecule has 0 spiro atoms. The Balaban J connectivity index is 3.01. The minimum atomic E-state index is -0.219. The second kappa shape index (κ2) is 5.70. The van der Waals surface area contributed by atoms with Crippen LogP contribution >= 0.6 is 0 Å². The maximum absolute atomic E-state index is 11.6. The van der Waals surface area contributed by atoms with Gasteiger partial charge < -0.3 is 4.57 Å². The maximum Gasteiger partial charge on any atom is 0.281 e. The predicted octanol–water partition coefficient (Wildman–Crippen LogP) is 1.70. The predicted molar refractivity (Wildman–Crippen MR) is 64.9 cm³/mol. The fourth-order valence-electron chi connectivity index (χ4n) is 1.87. The van der Waals surface area contributed by atoms with Gasteiger partial charge in [-0.1, -0.05) is 20.8 Å². The Morgan fingerprint density at radius 2 is 2.19 bits per heavy atom. The van der Waals surface area contributed by atoms with Crippen molar-refractivity contribution in [1.82, 2.24) is 9.99 Å². The Hall–Kier alpha value is -1.29. The number of carbonyl (C=O) groups is 1. The first-order valence-electron chi connectivity index (χ1n) is 5.79. The van der Waals surface area contributed by atoms with Crippen molar-refractivity contribution < 1.29 is 4.79 Å². The average Bonchev–Trinajstić information content (AvgIpc) is 2.61. The molecule has 3 N–H and O–H groups in total. The number of hydrogen-bond donors (Lipinski definition) is 2. The van der Waals surface area contributed by atoms with Crippen molar-refractivity contribution >= 4 is 5.91 Å². The Kier molecular flexibility index (Phi) is 4.55. The molecule has 0 atom stereocenters. The molecule has 4 heteroatoms. The van der Waals surface area contributed by atoms with Gasteiger partial charge in [-0.3, -0.25) is 10.2 Å². The van der Waals surface area contributed by atoms with E-state index in [1.54, 1.807) is 0 Å². The van der Waals surface area contributed by atoms with E-state index in [1.165, 1.54) is 5.69 Å². The molecule has 0 aromatic carbocycles. The van der Waals surface area contributed by atoms with Crippen molar-refractivity contribution in [3.05, 3.63) is 23.5 Å². The number of nitrogen functional groups attached to an aromatic ring is 1. The van der Waals surface area contributed by atoms with E-state index in [4.69, 9.17) is 5.84 Å². The van der Waals surface area contributed by atoms with Crippen LogP contribution in [0.4, 0.5) is 0 Å². The van der Waals surface area contributed by atoms with Crippen LogP contribution in [0.2, 0.25) is 0 Å². The van der Waals surface area contributed by atoms with Crippen LogP contribution in [-0.4, -0.2) is 10.5 Å². The summed E-state index contributed by atoms with van der Waals surface area (Å²) >= 11 is 0. The van der Waals surface area contributed by atoms with Crippen LogP contribution in [-0.2, 0) is 13.0 Å². The zero-order chi connectivity index (χ0) is 12.1. The third-order valence-corrected chi connectivity index (χ3v) is 2.50. The van der Waals surface area contributed by atoms with Gasteiger partial charge >= 0.3 is 0 Å². The average molecular weight is 223 g/mol. The molecule has 0 aliphatic heterocycles. The first-order valence-corrected chi connectivity index (χ1v) is 5.79. The molecular formula is C12H21N3O. The molecule has 0 saturated heterocycles. The van der Waals surface area contributed by atoms with Gasteiger partial charge in [0.1, 0.15) is 5.69 Å². The molecule has 1 aromatic rings. The summed E-state index contributed by atoms with van der Waals surface area (Å²) in [5.41, 5.74) is 4.04. The van der Waals surface area contributed by atoms with Gasteiger partial charge in [-0.15, -0.1) is 0 Å². The number of nitrogens with two attached hydrogens (primary N) is 1. The summed E-state index contributed by atoms with van der Waals surface area (Å²) in [6.45, 7) is 7.30. The summed E-state index contributed by atoms with van der Waals surface area (Å²) < 4.78 is 2.06. The largest absolute Gasteiger partial charge is 0.341 e. The summed E-state index contributed by atoms with van der Waals surface area (Å²) in [6, 6.07) is 3.86. The second-order valence-corrected chi connectivity index (χ2v) is 4.43. The van der Waals surface area contributed by atoms with Gasteiger partial charge in [-0.05, 0) is 30.9 Å². The normalized spacial score (nSPS) is 10.8. The lowest BCUT2D eigenvalue weighted by Crippen LogP contribution is -2.32. The lowest BCUT2D eigenvalue weighted by atomic mass is 10.1. The second-order valence-electron chi connectivity index (χ2n) is 4.43. The van der Waals surface area contributed by atoms with Gasteiger partial charge in [0.05, 0.1) is 0 Å². The smallest absolute Gasteiger partial charge is 0.281 e. The first-order chi connectivity index (χ1) is 7.60. The molecule has 0 bridgehead atoms. The fourth-order valence-corrected chi connectivity index (χ4v) is 1.87. The molecule has 0 aliphatic rings. The van der Waals surface area contributed by atoms with Crippen molar-refractivity contribution in [2.75, 3.05) is 0 Å². The van der Waals surface area contributed by atoms with Gasteiger partial charge in [-0.2, -0.15) is 0 Å². The van der Waals surface area contributed by atoms with Crippen molar-refractivity contribution in [3.8, 4) is 0 Å². The number of hydrogen-bond acceptors (Lipinski definition) is 2. The van der Waals surface area contributed by atoms with E-state index in [-0.39, 0.29) is 5.91 Å². The quantitative estimate of drug-likeness (QED) is 0.453. The van der Waals surface area contributed by atoms with Crippen molar-refractivity contribution in [1.29, 1.82) is 0 Å². The van der Waals surface area contributed by atoms with Gasteiger partial charge in [0.25, 0.3) is 5.91 Å². The SMILES string of the molecule is CCCn1c(CC(C)C)ccc1C(=O)NN. The van der Waals surface area contributed by atoms with Crippen molar-refractivity contribution in [2.24, 2.45) is 11.8 Å². The molecule has 0 aliphatic carbocycles. The molecule has 16 heavy (non-hydrogen) atoms. The van der Waals surface area contributed by atoms with E-state index in [0.29, 0.717) is 11.6 Å². The van der Waals surface area contributed by atoms with Crippen LogP contribution in [0, 0.1) is 5.92 Å². The fraction of sp³-hybridized carbons (Fsp3) is 0.583. The van der Waals surface area contributed by atoms with Gasteiger partial charge in [-0.25, -0.2) is 5.84 Å². The van der Waals surface area contributed by atoms with Crippen molar-refractivity contribution in [3.63, 3.8) is 0 Å². The number of nitrogens with zero attached hydrogens (tertiary/aromatic N) is 1. The molecule has 1 heterocycles. The Bertz CT molecular complexity index is 355. The molecule has 0 saturated carbocycles. The zero-order valence-corrected chi connectivity index (χ0v) is 10.3. The first kappa shape index (κ1) is 12.8. The standard InChI is InChI=1S/C12H21N3O/c1-4-7-15-10(8-9(2)3)5-6-11(15)12(16)14-13/h5-6,9H,4,7-8,13H2,1-3H3,(H,14,16). The van der Waals surface area contributed by atoms with E-state index < -0.39 is 0 Å². The number of hydrazine groups is 1. The number of rotatable bonds is 5. The van der Waals surface area contributed by atoms with Crippen LogP contribution in [0.1, 0.15) is 43.4 Å². The summed E-state index contributed by atoms with van der Waals surface area (Å²) in [6.07, 6.45) is 1.99. The highest BCUT2D eigenvalue weighted by Gasteiger charge is 2.13. The van der Waals surface area contributed by atoms with Crippen molar-refractivity contribution in [2.45, 2.75) is 40.2 Å². The maximum atomic E-state index is 11.6. The van der Waals surface area contributed by atoms with Crippen LogP contribution in [0.3, 0.4) is 0 Å². The van der Waals surface area contributed by atoms with Crippen LogP contribution in [0.5, 0.6) is 0 Å². The Labute approximate surface area is 96.8 Å². The van der Waals surface area contributed by atoms with E-state index in [1.807, 2.05) is 12.1 Å². The number of carbonyl (C=O) groups excluding carboxylic acids is 1. The third kappa shape index (κ3) is 2.85. The van der Waals surface area contributed by atoms with E-state index >= 15 is 0 Å². The number of nitrogens with one attached hydrogen (secondary N) is 1. The molecule has 90 valence electrons. The lowest BCUT2D eigenvalue weighted by Gasteiger charge is -2.13. The highest BCUT2D eigenvalue weighted by molar-refractivity contribution is 5.92. The molecule has 4 nitrogen and oxygen atoms in total. The molecule has 0 radical (unpaired) electrons. The lowest BCUT2D eigenvalue weighted by molar-refractivity contribution is 0.0944. The van der Waals surface area contributed by atoms with Crippen LogP contribution < -0.4 is 11.3 Å². The topological polar surface area (TPSA) is 60.0 Å². The molecule has 0 unspecified atom stereocenters. The van der Waals surface area contributed by atoms with Crippen LogP contribution in [0.25, 0.3) is 0 Å². The summed E-state index contributed by atoms with van der Waals surface area (Å²) in [5, 5.41) is 0. The summed E-state index contributed by atoms with van der Waals surface area (Å²) in [7, 11) is 0. The molecule has 1 rings (SSSR count). The third-order valence-electron chi connectivity index (χ3n) is 2.50. The van der Waals surface area contributed by atoms with Crippen LogP contribution in [0.15, 0.2) is 12.1 Å². The van der Waals surface area contributed by atoms with E-state index in [0.717, 1.165) is 19.4 Å². The summed E-state index contributed by atoms with van der Waals surface area (Å²) in [4.78, 5) is 11.6. The highest BCUT2D eigenvalue weighted by Crippen LogP contribution is 2.14. The summed E-state index contributed by atoms with van der Waals surface area (Å²) in [5.74, 6) is 5.53. The molecular weight excluding hydrogens is 202 g/mol. The highest BCUT2D eigenvalue weighted by atomic mass is 16.2. The molecule has 1 amide bonds.